The van der Waals surface area contributed by atoms with Crippen LogP contribution in [-0.2, 0) is 5.41 Å². The number of hydrogen-bond acceptors (Lipinski definition) is 4. The zero-order valence-electron chi connectivity index (χ0n) is 25.7. The highest BCUT2D eigenvalue weighted by Crippen LogP contribution is 2.50. The van der Waals surface area contributed by atoms with Crippen LogP contribution in [0, 0.1) is 0 Å². The molecule has 47 heavy (non-hydrogen) atoms. The van der Waals surface area contributed by atoms with Crippen LogP contribution in [0.2, 0.25) is 0 Å². The Morgan fingerprint density at radius 2 is 1.36 bits per heavy atom. The molecular formula is C42H26N4O. The zero-order chi connectivity index (χ0) is 31.0. The Bertz CT molecular complexity index is 2950. The lowest BCUT2D eigenvalue weighted by Gasteiger charge is -2.22. The van der Waals surface area contributed by atoms with Crippen LogP contribution >= 0.6 is 0 Å². The molecule has 0 saturated heterocycles. The predicted octanol–water partition coefficient (Wildman–Crippen LogP) is 10.6. The van der Waals surface area contributed by atoms with Crippen LogP contribution in [0.15, 0.2) is 126 Å². The standard InChI is InChI=1S/C42H26N4O/c1-42(2)31-12-6-3-9-25(31)26-17-15-23(20-32(26)42)38-27-10-4-7-13-33(27)44-41(45-38)24-16-18-36-29(19-24)30-21-34-40(47-22-43-34)37-28-11-5-8-14-35(28)46(36)39(30)37/h3-22H,1-2H3. The van der Waals surface area contributed by atoms with Crippen LogP contribution in [0.5, 0.6) is 0 Å². The van der Waals surface area contributed by atoms with E-state index in [9.17, 15) is 0 Å². The number of benzene rings is 6. The van der Waals surface area contributed by atoms with E-state index in [0.29, 0.717) is 5.82 Å². The Kier molecular flexibility index (Phi) is 4.60. The molecule has 4 aromatic heterocycles. The summed E-state index contributed by atoms with van der Waals surface area (Å²) in [6.07, 6.45) is 1.54. The molecule has 1 aliphatic rings. The minimum absolute atomic E-state index is 0.0927. The van der Waals surface area contributed by atoms with Gasteiger partial charge in [0.1, 0.15) is 5.52 Å². The average molecular weight is 603 g/mol. The van der Waals surface area contributed by atoms with Gasteiger partial charge in [-0.1, -0.05) is 86.6 Å². The SMILES string of the molecule is CC1(C)c2ccccc2-c2ccc(-c3nc(-c4ccc5c(c4)c4cc6ncoc6c6c7ccccc7n5c46)nc4ccccc34)cc21. The van der Waals surface area contributed by atoms with Crippen molar-refractivity contribution >= 4 is 60.1 Å². The lowest BCUT2D eigenvalue weighted by Crippen LogP contribution is -2.14. The third-order valence-electron chi connectivity index (χ3n) is 10.5. The Morgan fingerprint density at radius 1 is 0.596 bits per heavy atom. The molecule has 0 fully saturated rings. The predicted molar refractivity (Wildman–Crippen MR) is 190 cm³/mol. The Labute approximate surface area is 269 Å². The van der Waals surface area contributed by atoms with E-state index >= 15 is 0 Å². The number of para-hydroxylation sites is 2. The molecule has 5 heteroatoms. The van der Waals surface area contributed by atoms with Gasteiger partial charge in [0.2, 0.25) is 0 Å². The second-order valence-corrected chi connectivity index (χ2v) is 13.3. The molecule has 0 unspecified atom stereocenters. The number of fused-ring (bicyclic) bond motifs is 12. The molecule has 10 aromatic rings. The van der Waals surface area contributed by atoms with Crippen molar-refractivity contribution in [3.63, 3.8) is 0 Å². The second kappa shape index (κ2) is 8.59. The minimum atomic E-state index is -0.0927. The highest BCUT2D eigenvalue weighted by atomic mass is 16.3. The smallest absolute Gasteiger partial charge is 0.182 e. The van der Waals surface area contributed by atoms with E-state index in [-0.39, 0.29) is 5.41 Å². The van der Waals surface area contributed by atoms with Crippen molar-refractivity contribution in [1.82, 2.24) is 19.4 Å². The fraction of sp³-hybridized carbons (Fsp3) is 0.0714. The fourth-order valence-electron chi connectivity index (χ4n) is 8.29. The van der Waals surface area contributed by atoms with E-state index in [1.165, 1.54) is 27.6 Å². The number of oxazole rings is 1. The van der Waals surface area contributed by atoms with Gasteiger partial charge in [0, 0.05) is 38.1 Å². The van der Waals surface area contributed by atoms with E-state index in [0.717, 1.165) is 71.5 Å². The van der Waals surface area contributed by atoms with Gasteiger partial charge in [-0.15, -0.1) is 0 Å². The number of hydrogen-bond donors (Lipinski definition) is 0. The summed E-state index contributed by atoms with van der Waals surface area (Å²) in [5, 5.41) is 5.62. The van der Waals surface area contributed by atoms with Crippen LogP contribution in [0.4, 0.5) is 0 Å². The van der Waals surface area contributed by atoms with Crippen molar-refractivity contribution in [2.45, 2.75) is 19.3 Å². The molecule has 6 aromatic carbocycles. The summed E-state index contributed by atoms with van der Waals surface area (Å²) in [6, 6.07) is 41.2. The molecule has 0 N–H and O–H groups in total. The van der Waals surface area contributed by atoms with Crippen LogP contribution in [0.1, 0.15) is 25.0 Å². The molecule has 1 aliphatic carbocycles. The van der Waals surface area contributed by atoms with Gasteiger partial charge < -0.3 is 8.82 Å². The van der Waals surface area contributed by atoms with Crippen LogP contribution in [0.25, 0.3) is 93.9 Å². The second-order valence-electron chi connectivity index (χ2n) is 13.3. The summed E-state index contributed by atoms with van der Waals surface area (Å²) in [4.78, 5) is 15.0. The van der Waals surface area contributed by atoms with E-state index in [1.54, 1.807) is 6.39 Å². The van der Waals surface area contributed by atoms with Crippen LogP contribution < -0.4 is 0 Å². The van der Waals surface area contributed by atoms with Crippen molar-refractivity contribution in [2.24, 2.45) is 0 Å². The Morgan fingerprint density at radius 3 is 2.30 bits per heavy atom. The molecule has 11 rings (SSSR count). The third-order valence-corrected chi connectivity index (χ3v) is 10.5. The normalized spacial score (nSPS) is 13.9. The molecule has 0 bridgehead atoms. The van der Waals surface area contributed by atoms with Gasteiger partial charge in [0.15, 0.2) is 17.8 Å². The first-order valence-corrected chi connectivity index (χ1v) is 16.0. The number of aromatic nitrogens is 4. The maximum Gasteiger partial charge on any atom is 0.182 e. The summed E-state index contributed by atoms with van der Waals surface area (Å²) < 4.78 is 8.30. The highest BCUT2D eigenvalue weighted by molar-refractivity contribution is 6.30. The van der Waals surface area contributed by atoms with Crippen LogP contribution in [0.3, 0.4) is 0 Å². The minimum Gasteiger partial charge on any atom is -0.443 e. The first-order valence-electron chi connectivity index (χ1n) is 16.0. The maximum absolute atomic E-state index is 5.94. The van der Waals surface area contributed by atoms with E-state index < -0.39 is 0 Å². The van der Waals surface area contributed by atoms with Gasteiger partial charge in [-0.2, -0.15) is 0 Å². The number of nitrogens with zero attached hydrogens (tertiary/aromatic N) is 4. The van der Waals surface area contributed by atoms with Crippen molar-refractivity contribution in [3.8, 4) is 33.8 Å². The topological polar surface area (TPSA) is 56.2 Å². The molecule has 0 saturated carbocycles. The monoisotopic (exact) mass is 602 g/mol. The Balaban J connectivity index is 1.15. The van der Waals surface area contributed by atoms with Crippen LogP contribution in [-0.4, -0.2) is 19.4 Å². The largest absolute Gasteiger partial charge is 0.443 e. The number of rotatable bonds is 2. The van der Waals surface area contributed by atoms with E-state index in [1.807, 2.05) is 0 Å². The summed E-state index contributed by atoms with van der Waals surface area (Å²) in [7, 11) is 0. The molecule has 0 spiro atoms. The molecule has 0 atom stereocenters. The lowest BCUT2D eigenvalue weighted by molar-refractivity contribution is 0.605. The summed E-state index contributed by atoms with van der Waals surface area (Å²) >= 11 is 0. The quantitative estimate of drug-likeness (QED) is 0.198. The molecule has 0 radical (unpaired) electrons. The van der Waals surface area contributed by atoms with Gasteiger partial charge in [-0.3, -0.25) is 0 Å². The van der Waals surface area contributed by atoms with Gasteiger partial charge in [-0.25, -0.2) is 15.0 Å². The van der Waals surface area contributed by atoms with Gasteiger partial charge in [0.05, 0.1) is 33.1 Å². The van der Waals surface area contributed by atoms with Gasteiger partial charge in [-0.05, 0) is 64.7 Å². The van der Waals surface area contributed by atoms with Crippen molar-refractivity contribution < 1.29 is 4.42 Å². The average Bonchev–Trinajstić information content (AvgIpc) is 3.85. The van der Waals surface area contributed by atoms with Crippen molar-refractivity contribution in [1.29, 1.82) is 0 Å². The van der Waals surface area contributed by atoms with E-state index in [2.05, 4.69) is 138 Å². The van der Waals surface area contributed by atoms with E-state index in [4.69, 9.17) is 14.4 Å². The first kappa shape index (κ1) is 25.2. The summed E-state index contributed by atoms with van der Waals surface area (Å²) in [6.45, 7) is 4.64. The molecule has 4 heterocycles. The van der Waals surface area contributed by atoms with Gasteiger partial charge in [0.25, 0.3) is 0 Å². The highest BCUT2D eigenvalue weighted by Gasteiger charge is 2.35. The maximum atomic E-state index is 5.94. The summed E-state index contributed by atoms with van der Waals surface area (Å²) in [5.41, 5.74) is 14.3. The fourth-order valence-corrected chi connectivity index (χ4v) is 8.29. The molecule has 0 aliphatic heterocycles. The third kappa shape index (κ3) is 3.16. The molecule has 0 amide bonds. The lowest BCUT2D eigenvalue weighted by atomic mass is 9.82. The molecule has 220 valence electrons. The zero-order valence-corrected chi connectivity index (χ0v) is 25.7. The molecule has 5 nitrogen and oxygen atoms in total. The first-order chi connectivity index (χ1) is 23.1. The van der Waals surface area contributed by atoms with Crippen molar-refractivity contribution in [2.75, 3.05) is 0 Å². The Hall–Kier alpha value is -6.07. The van der Waals surface area contributed by atoms with Gasteiger partial charge >= 0.3 is 0 Å². The summed E-state index contributed by atoms with van der Waals surface area (Å²) in [5.74, 6) is 0.713. The molecular weight excluding hydrogens is 576 g/mol. The van der Waals surface area contributed by atoms with Crippen molar-refractivity contribution in [3.05, 3.63) is 133 Å².